The van der Waals surface area contributed by atoms with Crippen LogP contribution in [0.3, 0.4) is 0 Å². The van der Waals surface area contributed by atoms with Crippen molar-refractivity contribution in [3.05, 3.63) is 53.8 Å². The molecule has 3 rings (SSSR count). The highest BCUT2D eigenvalue weighted by atomic mass is 19.1. The Labute approximate surface area is 164 Å². The lowest BCUT2D eigenvalue weighted by Gasteiger charge is -2.15. The van der Waals surface area contributed by atoms with Crippen molar-refractivity contribution < 1.29 is 13.9 Å². The van der Waals surface area contributed by atoms with E-state index in [0.717, 1.165) is 11.1 Å². The topological polar surface area (TPSA) is 53.6 Å². The molecule has 1 aliphatic rings. The first-order chi connectivity index (χ1) is 13.5. The summed E-state index contributed by atoms with van der Waals surface area (Å²) >= 11 is 0. The SMILES string of the molecule is C#CC(C)NCc1ccc(-c2ccc(N3CC(CNC)OC3=O)cc2F)cc1. The third-order valence-corrected chi connectivity index (χ3v) is 4.70. The Hall–Kier alpha value is -2.88. The van der Waals surface area contributed by atoms with Gasteiger partial charge in [0, 0.05) is 18.7 Å². The third-order valence-electron chi connectivity index (χ3n) is 4.70. The Kier molecular flexibility index (Phi) is 6.30. The Balaban J connectivity index is 1.72. The van der Waals surface area contributed by atoms with Gasteiger partial charge in [-0.15, -0.1) is 6.42 Å². The Bertz CT molecular complexity index is 876. The summed E-state index contributed by atoms with van der Waals surface area (Å²) in [5.74, 6) is 2.24. The van der Waals surface area contributed by atoms with E-state index in [2.05, 4.69) is 16.6 Å². The Morgan fingerprint density at radius 2 is 2.07 bits per heavy atom. The quantitative estimate of drug-likeness (QED) is 0.724. The van der Waals surface area contributed by atoms with E-state index >= 15 is 0 Å². The molecule has 0 aromatic heterocycles. The van der Waals surface area contributed by atoms with E-state index in [-0.39, 0.29) is 18.0 Å². The molecule has 2 aromatic carbocycles. The van der Waals surface area contributed by atoms with Crippen LogP contribution in [0.15, 0.2) is 42.5 Å². The fourth-order valence-corrected chi connectivity index (χ4v) is 3.10. The van der Waals surface area contributed by atoms with Crippen LogP contribution in [0.2, 0.25) is 0 Å². The highest BCUT2D eigenvalue weighted by Gasteiger charge is 2.32. The lowest BCUT2D eigenvalue weighted by atomic mass is 10.0. The van der Waals surface area contributed by atoms with Crippen molar-refractivity contribution in [2.75, 3.05) is 25.0 Å². The summed E-state index contributed by atoms with van der Waals surface area (Å²) in [6, 6.07) is 12.4. The maximum atomic E-state index is 14.7. The lowest BCUT2D eigenvalue weighted by molar-refractivity contribution is 0.141. The highest BCUT2D eigenvalue weighted by Crippen LogP contribution is 2.29. The standard InChI is InChI=1S/C22H24FN3O2/c1-4-15(2)25-12-16-5-7-17(8-6-16)20-10-9-18(11-21(20)23)26-14-19(13-24-3)28-22(26)27/h1,5-11,15,19,24-25H,12-14H2,2-3H3. The van der Waals surface area contributed by atoms with Crippen molar-refractivity contribution in [3.8, 4) is 23.5 Å². The van der Waals surface area contributed by atoms with Gasteiger partial charge in [0.15, 0.2) is 0 Å². The number of carbonyl (C=O) groups is 1. The van der Waals surface area contributed by atoms with Crippen LogP contribution in [0, 0.1) is 18.2 Å². The largest absolute Gasteiger partial charge is 0.443 e. The molecule has 1 aliphatic heterocycles. The second-order valence-electron chi connectivity index (χ2n) is 6.80. The zero-order valence-electron chi connectivity index (χ0n) is 16.0. The number of nitrogens with one attached hydrogen (secondary N) is 2. The molecule has 2 atom stereocenters. The minimum absolute atomic E-state index is 0.00496. The van der Waals surface area contributed by atoms with Crippen LogP contribution >= 0.6 is 0 Å². The van der Waals surface area contributed by atoms with Gasteiger partial charge < -0.3 is 10.1 Å². The Morgan fingerprint density at radius 1 is 1.32 bits per heavy atom. The molecule has 1 heterocycles. The van der Waals surface area contributed by atoms with Crippen molar-refractivity contribution in [2.24, 2.45) is 0 Å². The van der Waals surface area contributed by atoms with E-state index in [0.29, 0.717) is 30.9 Å². The predicted octanol–water partition coefficient (Wildman–Crippen LogP) is 3.15. The summed E-state index contributed by atoms with van der Waals surface area (Å²) in [6.45, 7) is 3.53. The molecule has 28 heavy (non-hydrogen) atoms. The second kappa shape index (κ2) is 8.87. The van der Waals surface area contributed by atoms with Gasteiger partial charge in [0.1, 0.15) is 11.9 Å². The number of nitrogens with zero attached hydrogens (tertiary/aromatic N) is 1. The summed E-state index contributed by atoms with van der Waals surface area (Å²) in [5.41, 5.74) is 2.82. The normalized spacial score (nSPS) is 17.3. The summed E-state index contributed by atoms with van der Waals surface area (Å²) in [5, 5.41) is 6.19. The molecule has 0 radical (unpaired) electrons. The van der Waals surface area contributed by atoms with E-state index < -0.39 is 6.09 Å². The van der Waals surface area contributed by atoms with Crippen LogP contribution in [0.5, 0.6) is 0 Å². The molecule has 5 nitrogen and oxygen atoms in total. The number of benzene rings is 2. The van der Waals surface area contributed by atoms with Crippen molar-refractivity contribution >= 4 is 11.8 Å². The molecular formula is C22H24FN3O2. The zero-order valence-corrected chi connectivity index (χ0v) is 16.0. The lowest BCUT2D eigenvalue weighted by Crippen LogP contribution is -2.29. The number of anilines is 1. The van der Waals surface area contributed by atoms with Gasteiger partial charge in [0.05, 0.1) is 18.3 Å². The average Bonchev–Trinajstić information content (AvgIpc) is 3.07. The molecule has 1 fully saturated rings. The minimum Gasteiger partial charge on any atom is -0.443 e. The fraction of sp³-hybridized carbons (Fsp3) is 0.318. The molecule has 0 spiro atoms. The maximum absolute atomic E-state index is 14.7. The first-order valence-corrected chi connectivity index (χ1v) is 9.23. The molecule has 0 bridgehead atoms. The van der Waals surface area contributed by atoms with Crippen LogP contribution in [0.25, 0.3) is 11.1 Å². The number of rotatable bonds is 7. The number of ether oxygens (including phenoxy) is 1. The van der Waals surface area contributed by atoms with Crippen LogP contribution in [0.4, 0.5) is 14.9 Å². The van der Waals surface area contributed by atoms with E-state index in [9.17, 15) is 9.18 Å². The minimum atomic E-state index is -0.453. The molecule has 0 aliphatic carbocycles. The molecule has 146 valence electrons. The second-order valence-corrected chi connectivity index (χ2v) is 6.80. The fourth-order valence-electron chi connectivity index (χ4n) is 3.10. The first-order valence-electron chi connectivity index (χ1n) is 9.23. The molecule has 1 amide bonds. The van der Waals surface area contributed by atoms with Crippen molar-refractivity contribution in [3.63, 3.8) is 0 Å². The number of amides is 1. The molecule has 2 aromatic rings. The summed E-state index contributed by atoms with van der Waals surface area (Å²) in [4.78, 5) is 13.5. The van der Waals surface area contributed by atoms with Crippen molar-refractivity contribution in [1.82, 2.24) is 10.6 Å². The third kappa shape index (κ3) is 4.50. The summed E-state index contributed by atoms with van der Waals surface area (Å²) in [7, 11) is 1.79. The van der Waals surface area contributed by atoms with Gasteiger partial charge in [-0.3, -0.25) is 10.2 Å². The molecular weight excluding hydrogens is 357 g/mol. The zero-order chi connectivity index (χ0) is 20.1. The highest BCUT2D eigenvalue weighted by molar-refractivity contribution is 5.90. The number of likely N-dealkylation sites (N-methyl/N-ethyl adjacent to an activating group) is 1. The first kappa shape index (κ1) is 19.9. The average molecular weight is 381 g/mol. The van der Waals surface area contributed by atoms with E-state index in [1.165, 1.54) is 11.0 Å². The monoisotopic (exact) mass is 381 g/mol. The Morgan fingerprint density at radius 3 is 2.71 bits per heavy atom. The molecule has 6 heteroatoms. The van der Waals surface area contributed by atoms with Gasteiger partial charge in [0.2, 0.25) is 0 Å². The van der Waals surface area contributed by atoms with Crippen molar-refractivity contribution in [1.29, 1.82) is 0 Å². The number of hydrogen-bond acceptors (Lipinski definition) is 4. The maximum Gasteiger partial charge on any atom is 0.414 e. The summed E-state index contributed by atoms with van der Waals surface area (Å²) in [6.07, 6.45) is 4.66. The van der Waals surface area contributed by atoms with Gasteiger partial charge in [0.25, 0.3) is 0 Å². The van der Waals surface area contributed by atoms with Gasteiger partial charge in [-0.25, -0.2) is 9.18 Å². The van der Waals surface area contributed by atoms with Crippen LogP contribution in [-0.4, -0.2) is 38.4 Å². The molecule has 2 unspecified atom stereocenters. The van der Waals surface area contributed by atoms with Crippen LogP contribution in [0.1, 0.15) is 12.5 Å². The molecule has 2 N–H and O–H groups in total. The van der Waals surface area contributed by atoms with E-state index in [1.54, 1.807) is 19.2 Å². The van der Waals surface area contributed by atoms with Crippen molar-refractivity contribution in [2.45, 2.75) is 25.6 Å². The van der Waals surface area contributed by atoms with Gasteiger partial charge in [-0.1, -0.05) is 30.2 Å². The van der Waals surface area contributed by atoms with E-state index in [1.807, 2.05) is 31.2 Å². The number of halogens is 1. The smallest absolute Gasteiger partial charge is 0.414 e. The number of carbonyl (C=O) groups excluding carboxylic acids is 1. The number of hydrogen-bond donors (Lipinski definition) is 2. The van der Waals surface area contributed by atoms with Crippen LogP contribution < -0.4 is 15.5 Å². The predicted molar refractivity (Wildman–Crippen MR) is 109 cm³/mol. The number of terminal acetylenes is 1. The van der Waals surface area contributed by atoms with Gasteiger partial charge in [-0.2, -0.15) is 0 Å². The van der Waals surface area contributed by atoms with Gasteiger partial charge >= 0.3 is 6.09 Å². The van der Waals surface area contributed by atoms with Gasteiger partial charge in [-0.05, 0) is 43.3 Å². The molecule has 0 saturated carbocycles. The van der Waals surface area contributed by atoms with E-state index in [4.69, 9.17) is 11.2 Å². The number of cyclic esters (lactones) is 1. The van der Waals surface area contributed by atoms with Crippen LogP contribution in [-0.2, 0) is 11.3 Å². The molecule has 1 saturated heterocycles. The summed E-state index contributed by atoms with van der Waals surface area (Å²) < 4.78 is 20.0.